The van der Waals surface area contributed by atoms with Crippen molar-refractivity contribution in [2.45, 2.75) is 45.8 Å². The highest BCUT2D eigenvalue weighted by Gasteiger charge is 2.24. The Bertz CT molecular complexity index is 426. The van der Waals surface area contributed by atoms with Gasteiger partial charge in [-0.15, -0.1) is 0 Å². The van der Waals surface area contributed by atoms with Crippen LogP contribution in [-0.2, 0) is 4.43 Å². The van der Waals surface area contributed by atoms with Crippen molar-refractivity contribution in [1.82, 2.24) is 10.2 Å². The molecule has 0 amide bonds. The molecule has 20 heavy (non-hydrogen) atoms. The van der Waals surface area contributed by atoms with Gasteiger partial charge < -0.3 is 14.6 Å². The van der Waals surface area contributed by atoms with Gasteiger partial charge in [0, 0.05) is 31.4 Å². The van der Waals surface area contributed by atoms with Gasteiger partial charge in [0.25, 0.3) is 0 Å². The van der Waals surface area contributed by atoms with Gasteiger partial charge in [-0.05, 0) is 51.9 Å². The summed E-state index contributed by atoms with van der Waals surface area (Å²) < 4.78 is 6.38. The molecule has 0 aromatic heterocycles. The molecule has 0 saturated carbocycles. The first-order valence-corrected chi connectivity index (χ1v) is 11.2. The van der Waals surface area contributed by atoms with Gasteiger partial charge in [0.2, 0.25) is 8.32 Å². The predicted octanol–water partition coefficient (Wildman–Crippen LogP) is 3.60. The van der Waals surface area contributed by atoms with Crippen molar-refractivity contribution in [3.63, 3.8) is 0 Å². The minimum atomic E-state index is -1.60. The van der Waals surface area contributed by atoms with Crippen LogP contribution in [0.1, 0.15) is 26.2 Å². The van der Waals surface area contributed by atoms with Crippen LogP contribution in [0.2, 0.25) is 19.6 Å². The average Bonchev–Trinajstić information content (AvgIpc) is 2.85. The van der Waals surface area contributed by atoms with Crippen LogP contribution in [0.4, 0.5) is 0 Å². The smallest absolute Gasteiger partial charge is 0.242 e. The molecule has 3 nitrogen and oxygen atoms in total. The Hall–Kier alpha value is -1.16. The lowest BCUT2D eigenvalue weighted by Crippen LogP contribution is -2.29. The molecule has 0 spiro atoms. The Morgan fingerprint density at radius 2 is 2.00 bits per heavy atom. The fourth-order valence-electron chi connectivity index (χ4n) is 2.60. The number of likely N-dealkylation sites (N-methyl/N-ethyl adjacent to an activating group) is 1. The maximum Gasteiger partial charge on any atom is 0.242 e. The summed E-state index contributed by atoms with van der Waals surface area (Å²) in [4.78, 5) is 2.44. The zero-order valence-electron chi connectivity index (χ0n) is 13.3. The van der Waals surface area contributed by atoms with Crippen LogP contribution in [0, 0.1) is 0 Å². The average molecular weight is 292 g/mol. The second-order valence-corrected chi connectivity index (χ2v) is 10.9. The summed E-state index contributed by atoms with van der Waals surface area (Å²) in [6, 6.07) is 0. The van der Waals surface area contributed by atoms with Gasteiger partial charge in [-0.2, -0.15) is 0 Å². The molecule has 0 radical (unpaired) electrons. The predicted molar refractivity (Wildman–Crippen MR) is 87.8 cm³/mol. The van der Waals surface area contributed by atoms with Crippen LogP contribution >= 0.6 is 0 Å². The molecule has 0 aromatic carbocycles. The quantitative estimate of drug-likeness (QED) is 0.784. The lowest BCUT2D eigenvalue weighted by Gasteiger charge is -2.28. The fourth-order valence-corrected chi connectivity index (χ4v) is 3.46. The highest BCUT2D eigenvalue weighted by molar-refractivity contribution is 6.70. The topological polar surface area (TPSA) is 24.5 Å². The molecular formula is C16H28N2OSi. The molecule has 1 aliphatic carbocycles. The van der Waals surface area contributed by atoms with Gasteiger partial charge in [-0.25, -0.2) is 0 Å². The zero-order valence-corrected chi connectivity index (χ0v) is 14.3. The van der Waals surface area contributed by atoms with E-state index in [4.69, 9.17) is 4.43 Å². The first-order chi connectivity index (χ1) is 9.49. The summed E-state index contributed by atoms with van der Waals surface area (Å²) in [7, 11) is -1.60. The molecule has 1 saturated heterocycles. The van der Waals surface area contributed by atoms with Gasteiger partial charge in [-0.1, -0.05) is 6.08 Å². The van der Waals surface area contributed by atoms with E-state index in [1.165, 1.54) is 31.5 Å². The third-order valence-corrected chi connectivity index (χ3v) is 4.23. The normalized spacial score (nSPS) is 21.8. The SMILES string of the molecule is CCNC1=C(O[Si](C)(C)C)C(=CN2CCCC2)CC=C1. The standard InChI is InChI=1S/C16H28N2OSi/c1-5-17-15-10-8-9-14(13-18-11-6-7-12-18)16(15)19-20(2,3)4/h8,10,13,17H,5-7,9,11-12H2,1-4H3. The molecule has 1 fully saturated rings. The van der Waals surface area contributed by atoms with E-state index in [2.05, 4.69) is 55.1 Å². The molecule has 112 valence electrons. The molecular weight excluding hydrogens is 264 g/mol. The van der Waals surface area contributed by atoms with Crippen molar-refractivity contribution in [2.24, 2.45) is 0 Å². The van der Waals surface area contributed by atoms with E-state index in [1.807, 2.05) is 0 Å². The molecule has 1 N–H and O–H groups in total. The molecule has 4 heteroatoms. The summed E-state index contributed by atoms with van der Waals surface area (Å²) in [5, 5.41) is 3.44. The van der Waals surface area contributed by atoms with Gasteiger partial charge in [-0.3, -0.25) is 0 Å². The summed E-state index contributed by atoms with van der Waals surface area (Å²) in [6.07, 6.45) is 10.3. The van der Waals surface area contributed by atoms with E-state index in [0.717, 1.165) is 24.4 Å². The van der Waals surface area contributed by atoms with Crippen molar-refractivity contribution in [1.29, 1.82) is 0 Å². The van der Waals surface area contributed by atoms with E-state index < -0.39 is 8.32 Å². The molecule has 0 aromatic rings. The van der Waals surface area contributed by atoms with Crippen molar-refractivity contribution in [2.75, 3.05) is 19.6 Å². The Balaban J connectivity index is 2.27. The summed E-state index contributed by atoms with van der Waals surface area (Å²) >= 11 is 0. The monoisotopic (exact) mass is 292 g/mol. The number of allylic oxidation sites excluding steroid dienone is 3. The minimum absolute atomic E-state index is 0.926. The minimum Gasteiger partial charge on any atom is -0.543 e. The number of hydrogen-bond donors (Lipinski definition) is 1. The van der Waals surface area contributed by atoms with E-state index in [0.29, 0.717) is 0 Å². The Labute approximate surface area is 124 Å². The Kier molecular flexibility index (Phi) is 4.97. The molecule has 1 aliphatic heterocycles. The first-order valence-electron chi connectivity index (χ1n) is 7.78. The molecule has 2 rings (SSSR count). The van der Waals surface area contributed by atoms with Crippen molar-refractivity contribution in [3.05, 3.63) is 35.4 Å². The second kappa shape index (κ2) is 6.53. The van der Waals surface area contributed by atoms with Gasteiger partial charge in [0.05, 0.1) is 5.70 Å². The van der Waals surface area contributed by atoms with Crippen LogP contribution in [-0.4, -0.2) is 32.9 Å². The number of hydrogen-bond acceptors (Lipinski definition) is 3. The number of likely N-dealkylation sites (tertiary alicyclic amines) is 1. The fraction of sp³-hybridized carbons (Fsp3) is 0.625. The molecule has 1 heterocycles. The largest absolute Gasteiger partial charge is 0.543 e. The molecule has 2 aliphatic rings. The van der Waals surface area contributed by atoms with E-state index in [9.17, 15) is 0 Å². The number of rotatable bonds is 5. The van der Waals surface area contributed by atoms with Crippen LogP contribution in [0.3, 0.4) is 0 Å². The molecule has 0 bridgehead atoms. The van der Waals surface area contributed by atoms with Crippen LogP contribution in [0.25, 0.3) is 0 Å². The van der Waals surface area contributed by atoms with E-state index in [1.54, 1.807) is 0 Å². The van der Waals surface area contributed by atoms with Crippen molar-refractivity contribution >= 4 is 8.32 Å². The van der Waals surface area contributed by atoms with Crippen LogP contribution in [0.15, 0.2) is 35.4 Å². The first kappa shape index (κ1) is 15.2. The van der Waals surface area contributed by atoms with E-state index >= 15 is 0 Å². The summed E-state index contributed by atoms with van der Waals surface area (Å²) in [5.74, 6) is 1.08. The van der Waals surface area contributed by atoms with Crippen molar-refractivity contribution < 1.29 is 4.43 Å². The second-order valence-electron chi connectivity index (χ2n) is 6.49. The third kappa shape index (κ3) is 4.17. The maximum atomic E-state index is 6.38. The molecule has 0 atom stereocenters. The molecule has 0 unspecified atom stereocenters. The van der Waals surface area contributed by atoms with Crippen molar-refractivity contribution in [3.8, 4) is 0 Å². The zero-order chi connectivity index (χ0) is 14.6. The highest BCUT2D eigenvalue weighted by atomic mass is 28.4. The maximum absolute atomic E-state index is 6.38. The van der Waals surface area contributed by atoms with Crippen LogP contribution in [0.5, 0.6) is 0 Å². The van der Waals surface area contributed by atoms with Gasteiger partial charge in [0.15, 0.2) is 0 Å². The number of nitrogens with zero attached hydrogens (tertiary/aromatic N) is 1. The van der Waals surface area contributed by atoms with Gasteiger partial charge >= 0.3 is 0 Å². The summed E-state index contributed by atoms with van der Waals surface area (Å²) in [6.45, 7) is 12.2. The number of nitrogens with one attached hydrogen (secondary N) is 1. The highest BCUT2D eigenvalue weighted by Crippen LogP contribution is 2.28. The van der Waals surface area contributed by atoms with Crippen LogP contribution < -0.4 is 5.32 Å². The lowest BCUT2D eigenvalue weighted by molar-refractivity contribution is 0.407. The third-order valence-electron chi connectivity index (χ3n) is 3.41. The van der Waals surface area contributed by atoms with E-state index in [-0.39, 0.29) is 0 Å². The Morgan fingerprint density at radius 3 is 2.60 bits per heavy atom. The van der Waals surface area contributed by atoms with Gasteiger partial charge in [0.1, 0.15) is 5.76 Å². The summed E-state index contributed by atoms with van der Waals surface area (Å²) in [5.41, 5.74) is 2.47. The lowest BCUT2D eigenvalue weighted by atomic mass is 10.0. The Morgan fingerprint density at radius 1 is 1.30 bits per heavy atom.